The topological polar surface area (TPSA) is 134 Å². The van der Waals surface area contributed by atoms with Crippen molar-refractivity contribution in [3.63, 3.8) is 0 Å². The zero-order valence-corrected chi connectivity index (χ0v) is 65.7. The van der Waals surface area contributed by atoms with Crippen molar-refractivity contribution < 1.29 is 50.7 Å². The summed E-state index contributed by atoms with van der Waals surface area (Å²) in [7, 11) is 0. The van der Waals surface area contributed by atoms with E-state index in [0.29, 0.717) is 6.10 Å². The van der Waals surface area contributed by atoms with E-state index in [1.54, 1.807) is 24.3 Å². The van der Waals surface area contributed by atoms with Gasteiger partial charge in [-0.2, -0.15) is 8.78 Å². The van der Waals surface area contributed by atoms with Gasteiger partial charge in [0.25, 0.3) is 6.43 Å². The molecule has 0 atom stereocenters. The van der Waals surface area contributed by atoms with Crippen molar-refractivity contribution in [3.8, 4) is 130 Å². The van der Waals surface area contributed by atoms with Crippen LogP contribution in [0, 0.1) is 0 Å². The van der Waals surface area contributed by atoms with Gasteiger partial charge in [-0.1, -0.05) is 60.7 Å². The highest BCUT2D eigenvalue weighted by molar-refractivity contribution is 5.75. The Morgan fingerprint density at radius 3 is 0.678 bits per heavy atom. The van der Waals surface area contributed by atoms with Crippen LogP contribution in [0.4, 0.5) is 17.6 Å². The van der Waals surface area contributed by atoms with Gasteiger partial charge < -0.3 is 33.2 Å². The molecule has 8 aromatic heterocycles. The van der Waals surface area contributed by atoms with Crippen LogP contribution >= 0.6 is 0 Å². The summed E-state index contributed by atoms with van der Waals surface area (Å²) in [4.78, 5) is 18.1. The molecule has 16 aromatic rings. The molecule has 0 radical (unpaired) electrons. The number of pyridine rings is 4. The number of aromatic nitrogens is 8. The van der Waals surface area contributed by atoms with E-state index in [2.05, 4.69) is 125 Å². The van der Waals surface area contributed by atoms with E-state index in [1.807, 2.05) is 230 Å². The lowest BCUT2D eigenvalue weighted by Gasteiger charge is -2.11. The second-order valence-corrected chi connectivity index (χ2v) is 29.3. The number of fused-ring (bicyclic) bond motifs is 4. The number of alkyl halides is 4. The van der Waals surface area contributed by atoms with Crippen molar-refractivity contribution in [2.24, 2.45) is 0 Å². The van der Waals surface area contributed by atoms with E-state index in [1.165, 1.54) is 37.1 Å². The molecule has 8 aromatic carbocycles. The molecule has 1 fully saturated rings. The third-order valence-corrected chi connectivity index (χ3v) is 18.6. The summed E-state index contributed by atoms with van der Waals surface area (Å²) in [6.45, 7) is 17.3. The van der Waals surface area contributed by atoms with Gasteiger partial charge in [0.15, 0.2) is 0 Å². The first kappa shape index (κ1) is 78.5. The van der Waals surface area contributed by atoms with Gasteiger partial charge in [-0.05, 0) is 309 Å². The Labute approximate surface area is 666 Å². The second kappa shape index (κ2) is 35.7. The Balaban J connectivity index is 0.000000127. The molecule has 8 heterocycles. The smallest absolute Gasteiger partial charge is 0.387 e. The summed E-state index contributed by atoms with van der Waals surface area (Å²) < 4.78 is 97.5. The molecule has 0 spiro atoms. The molecule has 0 amide bonds. The van der Waals surface area contributed by atoms with Crippen LogP contribution in [0.25, 0.3) is 112 Å². The predicted molar refractivity (Wildman–Crippen MR) is 448 cm³/mol. The Morgan fingerprint density at radius 1 is 0.252 bits per heavy atom. The lowest BCUT2D eigenvalue weighted by Crippen LogP contribution is -2.05. The Hall–Kier alpha value is -13.2. The van der Waals surface area contributed by atoms with Crippen molar-refractivity contribution in [2.45, 2.75) is 132 Å². The summed E-state index contributed by atoms with van der Waals surface area (Å²) in [5, 5.41) is 0. The number of hydrogen-bond donors (Lipinski definition) is 0. The van der Waals surface area contributed by atoms with E-state index in [9.17, 15) is 17.6 Å². The normalized spacial score (nSPS) is 12.0. The maximum absolute atomic E-state index is 12.8. The average Bonchev–Trinajstić information content (AvgIpc) is 1.68. The number of rotatable bonds is 23. The molecule has 0 N–H and O–H groups in total. The number of nitrogens with zero attached hydrogens (tertiary/aromatic N) is 8. The van der Waals surface area contributed by atoms with Gasteiger partial charge in [0.2, 0.25) is 0 Å². The summed E-state index contributed by atoms with van der Waals surface area (Å²) in [5.41, 5.74) is 20.0. The highest BCUT2D eigenvalue weighted by Gasteiger charge is 2.24. The number of imidazole rings is 4. The number of benzene rings is 8. The van der Waals surface area contributed by atoms with Gasteiger partial charge in [-0.15, -0.1) is 0 Å². The van der Waals surface area contributed by atoms with Crippen LogP contribution in [0.15, 0.2) is 292 Å². The fourth-order valence-electron chi connectivity index (χ4n) is 13.1. The highest BCUT2D eigenvalue weighted by atomic mass is 19.3. The molecule has 0 bridgehead atoms. The molecule has 15 nitrogen and oxygen atoms in total. The van der Waals surface area contributed by atoms with Gasteiger partial charge >= 0.3 is 6.61 Å². The summed E-state index contributed by atoms with van der Waals surface area (Å²) in [5.74, 6) is 5.38. The van der Waals surface area contributed by atoms with Crippen LogP contribution in [0.1, 0.15) is 94.1 Å². The van der Waals surface area contributed by atoms with Crippen molar-refractivity contribution in [1.82, 2.24) is 37.5 Å². The SMILES string of the molecule is CC(C)Oc1ccc(-c2ccc3ncc(-c4ccc(OC(C)C)cc4)n3c2)cc1.CC(C)Oc1ccc(-c2cnc3ccc(-c4ccc(C(F)F)cc4)cn23)cc1.CC(C)Oc1ccc(-c2cnc3ccc(-c4ccc(OC(F)F)cc4)cn23)cc1.CC(C)Oc1ccc(-c2cnc3ccc(-c4ccc(OC5CC5)cc4)cn23)cc1. The molecule has 0 saturated heterocycles. The third-order valence-electron chi connectivity index (χ3n) is 18.6. The number of halogens is 4. The van der Waals surface area contributed by atoms with Crippen molar-refractivity contribution >= 4 is 22.6 Å². The molecular formula is C96H90F4N8O7. The zero-order valence-electron chi connectivity index (χ0n) is 65.7. The van der Waals surface area contributed by atoms with Gasteiger partial charge in [-0.25, -0.2) is 28.7 Å². The molecule has 115 heavy (non-hydrogen) atoms. The predicted octanol–water partition coefficient (Wildman–Crippen LogP) is 24.7. The van der Waals surface area contributed by atoms with Crippen LogP contribution in [-0.2, 0) is 0 Å². The van der Waals surface area contributed by atoms with Crippen molar-refractivity contribution in [3.05, 3.63) is 298 Å². The first-order valence-corrected chi connectivity index (χ1v) is 38.6. The van der Waals surface area contributed by atoms with E-state index in [0.717, 1.165) is 147 Å². The molecule has 19 heteroatoms. The van der Waals surface area contributed by atoms with Gasteiger partial charge in [0.05, 0.1) is 84.2 Å². The molecule has 1 aliphatic carbocycles. The monoisotopic (exact) mass is 1540 g/mol. The quantitative estimate of drug-likeness (QED) is 0.0567. The molecule has 1 saturated carbocycles. The molecule has 0 aliphatic heterocycles. The van der Waals surface area contributed by atoms with Gasteiger partial charge in [-0.3, -0.25) is 17.6 Å². The summed E-state index contributed by atoms with van der Waals surface area (Å²) in [6, 6.07) is 77.7. The summed E-state index contributed by atoms with van der Waals surface area (Å²) >= 11 is 0. The molecule has 584 valence electrons. The third kappa shape index (κ3) is 20.0. The minimum Gasteiger partial charge on any atom is -0.491 e. The Bertz CT molecular complexity index is 5440. The Kier molecular flexibility index (Phi) is 24.4. The van der Waals surface area contributed by atoms with Crippen LogP contribution in [0.5, 0.6) is 40.2 Å². The van der Waals surface area contributed by atoms with Gasteiger partial charge in [0, 0.05) is 52.6 Å². The van der Waals surface area contributed by atoms with E-state index in [-0.39, 0.29) is 41.8 Å². The van der Waals surface area contributed by atoms with Crippen LogP contribution in [0.3, 0.4) is 0 Å². The fraction of sp³-hybridized carbons (Fsp3) is 0.208. The van der Waals surface area contributed by atoms with Crippen molar-refractivity contribution in [1.29, 1.82) is 0 Å². The van der Waals surface area contributed by atoms with Crippen LogP contribution in [-0.4, -0.2) is 80.8 Å². The summed E-state index contributed by atoms with van der Waals surface area (Å²) in [6.07, 6.45) is 16.8. The first-order chi connectivity index (χ1) is 55.6. The van der Waals surface area contributed by atoms with Crippen LogP contribution in [0.2, 0.25) is 0 Å². The lowest BCUT2D eigenvalue weighted by molar-refractivity contribution is -0.0498. The standard InChI is InChI=1S/C25H24N2O2.C25H26N2O2.C23H20F2N2O2.C23H20F2N2O/c1-17(2)28-21-10-5-19(6-11-21)24-15-26-25-14-7-20(16-27(24)25)18-3-8-22(9-4-18)29-23-12-13-23;1-17(2)28-22-10-5-19(6-11-22)21-9-14-25-26-15-24(27(25)16-21)20-7-12-23(13-8-20)29-18(3)4;1-15(2)28-19-10-5-17(6-11-19)21-13-26-22-12-7-18(14-27(21)22)16-3-8-20(9-4-16)29-23(24)25;1-15(2)28-20-10-7-17(8-11-20)21-13-26-22-12-9-19(14-27(21)22)16-3-5-18(6-4-16)23(24)25/h3-11,14-17,23H,12-13H2,1-2H3;5-18H,1-4H3;3-15,23H,1-2H3;3-15,23H,1-2H3. The lowest BCUT2D eigenvalue weighted by atomic mass is 10.1. The minimum atomic E-state index is -2.83. The maximum atomic E-state index is 12.8. The highest BCUT2D eigenvalue weighted by Crippen LogP contribution is 2.36. The molecule has 17 rings (SSSR count). The molecular weight excluding hydrogens is 1450 g/mol. The minimum absolute atomic E-state index is 0.0249. The van der Waals surface area contributed by atoms with Crippen molar-refractivity contribution in [2.75, 3.05) is 0 Å². The zero-order chi connectivity index (χ0) is 80.2. The largest absolute Gasteiger partial charge is 0.491 e. The van der Waals surface area contributed by atoms with Crippen LogP contribution < -0.4 is 33.2 Å². The van der Waals surface area contributed by atoms with E-state index in [4.69, 9.17) is 28.4 Å². The van der Waals surface area contributed by atoms with E-state index < -0.39 is 13.0 Å². The average molecular weight is 1540 g/mol. The van der Waals surface area contributed by atoms with E-state index >= 15 is 0 Å². The fourth-order valence-corrected chi connectivity index (χ4v) is 13.1. The maximum Gasteiger partial charge on any atom is 0.387 e. The Morgan fingerprint density at radius 2 is 0.461 bits per heavy atom. The number of ether oxygens (including phenoxy) is 7. The van der Waals surface area contributed by atoms with Gasteiger partial charge in [0.1, 0.15) is 62.8 Å². The number of hydrogen-bond acceptors (Lipinski definition) is 11. The second-order valence-electron chi connectivity index (χ2n) is 29.3. The molecule has 1 aliphatic rings. The first-order valence-electron chi connectivity index (χ1n) is 38.6. The molecule has 0 unspecified atom stereocenters.